The molecule has 0 atom stereocenters. The standard InChI is InChI=1S/C70H47NOS2Si/c1-3-20-55(21-4-1)74(56-22-5-2-6-23-56)65-30-13-16-33-69(65)75(67-31-14-11-28-63(67)73-64-29-12-15-32-68(64)75)70-45-38-51(46-66(70)74)48-34-39-52(40-35-48)71(54-43-44-60-59-25-9-10-27-61(59)72-62(60)47-54)53-41-36-50(37-42-53)58-26-17-19-49-18-7-8-24-57(49)58/h1-47H. The highest BCUT2D eigenvalue weighted by atomic mass is 32.3. The molecule has 0 saturated carbocycles. The largest absolute Gasteiger partial charge is 0.456 e. The summed E-state index contributed by atoms with van der Waals surface area (Å²) in [5.74, 6) is 0. The van der Waals surface area contributed by atoms with Gasteiger partial charge in [-0.05, 0) is 145 Å². The number of furan rings is 1. The van der Waals surface area contributed by atoms with Gasteiger partial charge in [-0.15, -0.1) is 10.0 Å². The van der Waals surface area contributed by atoms with E-state index in [1.54, 1.807) is 0 Å². The Balaban J connectivity index is 0.928. The maximum absolute atomic E-state index is 6.52. The topological polar surface area (TPSA) is 16.4 Å². The van der Waals surface area contributed by atoms with E-state index in [2.05, 4.69) is 284 Å². The lowest BCUT2D eigenvalue weighted by atomic mass is 9.98. The summed E-state index contributed by atoms with van der Waals surface area (Å²) in [4.78, 5) is 10.6. The van der Waals surface area contributed by atoms with Crippen molar-refractivity contribution in [2.45, 2.75) is 29.4 Å². The number of benzene rings is 12. The van der Waals surface area contributed by atoms with Crippen LogP contribution in [0.1, 0.15) is 0 Å². The molecule has 2 nitrogen and oxygen atoms in total. The Bertz CT molecular complexity index is 4250. The molecule has 2 aliphatic rings. The summed E-state index contributed by atoms with van der Waals surface area (Å²) in [5.41, 5.74) is 9.69. The Morgan fingerprint density at radius 3 is 1.56 bits per heavy atom. The molecule has 0 saturated heterocycles. The van der Waals surface area contributed by atoms with Crippen LogP contribution in [0.4, 0.5) is 17.1 Å². The molecule has 5 heteroatoms. The third-order valence-corrected chi connectivity index (χ3v) is 26.5. The number of fused-ring (bicyclic) bond motifs is 12. The minimum atomic E-state index is -2.91. The SMILES string of the molecule is c1ccc(S2(c3ccccc3)c3ccccc3[Si]3(c4ccccc4Sc4ccccc43)c3ccc(-c4ccc(N(c5ccc(-c6cccc7ccccc67)cc5)c5ccc6c(c5)oc5ccccc56)cc4)cc32)cc1. The first-order valence-electron chi connectivity index (χ1n) is 25.6. The Morgan fingerprint density at radius 1 is 0.333 bits per heavy atom. The van der Waals surface area contributed by atoms with Gasteiger partial charge < -0.3 is 9.32 Å². The second-order valence-electron chi connectivity index (χ2n) is 19.5. The average molecular weight is 1010 g/mol. The molecule has 0 fully saturated rings. The van der Waals surface area contributed by atoms with Crippen molar-refractivity contribution in [2.24, 2.45) is 0 Å². The van der Waals surface area contributed by atoms with Gasteiger partial charge in [0.05, 0.1) is 0 Å². The number of anilines is 3. The van der Waals surface area contributed by atoms with Gasteiger partial charge in [0.15, 0.2) is 8.07 Å². The lowest BCUT2D eigenvalue weighted by Gasteiger charge is -2.54. The maximum atomic E-state index is 6.52. The highest BCUT2D eigenvalue weighted by Crippen LogP contribution is 2.74. The van der Waals surface area contributed by atoms with Crippen molar-refractivity contribution in [1.82, 2.24) is 0 Å². The normalized spacial score (nSPS) is 14.2. The highest BCUT2D eigenvalue weighted by Gasteiger charge is 2.56. The van der Waals surface area contributed by atoms with Crippen LogP contribution in [0.3, 0.4) is 0 Å². The zero-order valence-corrected chi connectivity index (χ0v) is 43.4. The molecular formula is C70H47NOS2Si. The summed E-state index contributed by atoms with van der Waals surface area (Å²) in [7, 11) is -4.95. The van der Waals surface area contributed by atoms with Gasteiger partial charge in [0, 0.05) is 63.3 Å². The first kappa shape index (κ1) is 44.0. The quantitative estimate of drug-likeness (QED) is 0.148. The summed E-state index contributed by atoms with van der Waals surface area (Å²) >= 11 is 1.93. The van der Waals surface area contributed by atoms with Gasteiger partial charge in [0.1, 0.15) is 11.2 Å². The molecule has 15 rings (SSSR count). The van der Waals surface area contributed by atoms with Crippen LogP contribution in [0.25, 0.3) is 55.0 Å². The molecule has 0 N–H and O–H groups in total. The summed E-state index contributed by atoms with van der Waals surface area (Å²) in [6.45, 7) is 0. The van der Waals surface area contributed by atoms with Crippen LogP contribution in [0, 0.1) is 0 Å². The molecule has 354 valence electrons. The predicted octanol–water partition coefficient (Wildman–Crippen LogP) is 17.0. The van der Waals surface area contributed by atoms with E-state index in [-0.39, 0.29) is 0 Å². The van der Waals surface area contributed by atoms with Crippen LogP contribution < -0.4 is 25.6 Å². The molecule has 0 aliphatic carbocycles. The van der Waals surface area contributed by atoms with E-state index in [0.717, 1.165) is 39.0 Å². The van der Waals surface area contributed by atoms with Crippen molar-refractivity contribution in [3.63, 3.8) is 0 Å². The Kier molecular flexibility index (Phi) is 10.3. The molecule has 13 aromatic rings. The van der Waals surface area contributed by atoms with E-state index in [9.17, 15) is 0 Å². The molecule has 1 aromatic heterocycles. The van der Waals surface area contributed by atoms with Crippen LogP contribution >= 0.6 is 21.8 Å². The van der Waals surface area contributed by atoms with Gasteiger partial charge in [-0.25, -0.2) is 0 Å². The summed E-state index contributed by atoms with van der Waals surface area (Å²) < 4.78 is 6.52. The molecule has 2 aliphatic heterocycles. The average Bonchev–Trinajstić information content (AvgIpc) is 3.86. The number of nitrogens with zero attached hydrogens (tertiary/aromatic N) is 1. The van der Waals surface area contributed by atoms with Crippen molar-refractivity contribution in [1.29, 1.82) is 0 Å². The van der Waals surface area contributed by atoms with Crippen LogP contribution in [0.15, 0.2) is 319 Å². The van der Waals surface area contributed by atoms with Crippen LogP contribution in [0.5, 0.6) is 0 Å². The molecule has 75 heavy (non-hydrogen) atoms. The van der Waals surface area contributed by atoms with Crippen molar-refractivity contribution in [3.05, 3.63) is 285 Å². The van der Waals surface area contributed by atoms with Crippen LogP contribution in [-0.2, 0) is 0 Å². The first-order chi connectivity index (χ1) is 37.2. The summed E-state index contributed by atoms with van der Waals surface area (Å²) in [5, 5.41) is 10.6. The fourth-order valence-corrected chi connectivity index (χ4v) is 25.3. The third kappa shape index (κ3) is 6.68. The Labute approximate surface area is 443 Å². The van der Waals surface area contributed by atoms with E-state index >= 15 is 0 Å². The minimum Gasteiger partial charge on any atom is -0.456 e. The monoisotopic (exact) mass is 1010 g/mol. The molecule has 0 unspecified atom stereocenters. The second kappa shape index (κ2) is 17.5. The molecule has 1 spiro atoms. The number of para-hydroxylation sites is 1. The van der Waals surface area contributed by atoms with Crippen molar-refractivity contribution in [3.8, 4) is 22.3 Å². The Morgan fingerprint density at radius 2 is 0.853 bits per heavy atom. The van der Waals surface area contributed by atoms with Gasteiger partial charge >= 0.3 is 0 Å². The van der Waals surface area contributed by atoms with Crippen LogP contribution in [0.2, 0.25) is 0 Å². The second-order valence-corrected chi connectivity index (χ2v) is 27.3. The molecule has 0 radical (unpaired) electrons. The zero-order chi connectivity index (χ0) is 49.5. The fourth-order valence-electron chi connectivity index (χ4n) is 12.4. The summed E-state index contributed by atoms with van der Waals surface area (Å²) in [6.07, 6.45) is 0. The highest BCUT2D eigenvalue weighted by molar-refractivity contribution is 8.34. The zero-order valence-electron chi connectivity index (χ0n) is 40.8. The third-order valence-electron chi connectivity index (χ3n) is 15.6. The van der Waals surface area contributed by atoms with E-state index < -0.39 is 18.1 Å². The maximum Gasteiger partial charge on any atom is 0.184 e. The van der Waals surface area contributed by atoms with Crippen molar-refractivity contribution < 1.29 is 4.42 Å². The van der Waals surface area contributed by atoms with Gasteiger partial charge in [-0.3, -0.25) is 0 Å². The van der Waals surface area contributed by atoms with Gasteiger partial charge in [0.2, 0.25) is 0 Å². The number of hydrogen-bond acceptors (Lipinski definition) is 3. The predicted molar refractivity (Wildman–Crippen MR) is 318 cm³/mol. The number of hydrogen-bond donors (Lipinski definition) is 0. The molecule has 12 aromatic carbocycles. The Hall–Kier alpha value is -8.58. The lowest BCUT2D eigenvalue weighted by molar-refractivity contribution is 0.669. The molecule has 0 bridgehead atoms. The molecule has 0 amide bonds. The molecule has 3 heterocycles. The van der Waals surface area contributed by atoms with E-state index in [1.807, 2.05) is 17.8 Å². The first-order valence-corrected chi connectivity index (χ1v) is 30.1. The lowest BCUT2D eigenvalue weighted by Crippen LogP contribution is -2.78. The van der Waals surface area contributed by atoms with E-state index in [4.69, 9.17) is 4.42 Å². The molecular weight excluding hydrogens is 963 g/mol. The van der Waals surface area contributed by atoms with Gasteiger partial charge in [-0.1, -0.05) is 200 Å². The van der Waals surface area contributed by atoms with Crippen molar-refractivity contribution >= 4 is 100 Å². The van der Waals surface area contributed by atoms with Gasteiger partial charge in [-0.2, -0.15) is 0 Å². The van der Waals surface area contributed by atoms with Gasteiger partial charge in [0.25, 0.3) is 0 Å². The van der Waals surface area contributed by atoms with Crippen molar-refractivity contribution in [2.75, 3.05) is 4.90 Å². The van der Waals surface area contributed by atoms with E-state index in [1.165, 1.54) is 83.1 Å². The van der Waals surface area contributed by atoms with Crippen LogP contribution in [-0.4, -0.2) is 8.07 Å². The number of rotatable bonds is 7. The smallest absolute Gasteiger partial charge is 0.184 e. The fraction of sp³-hybridized carbons (Fsp3) is 0. The minimum absolute atomic E-state index is 0.865. The van der Waals surface area contributed by atoms with E-state index in [0.29, 0.717) is 0 Å². The summed E-state index contributed by atoms with van der Waals surface area (Å²) in [6, 6.07) is 107.